The summed E-state index contributed by atoms with van der Waals surface area (Å²) in [6, 6.07) is 4.54. The highest BCUT2D eigenvalue weighted by atomic mass is 19.4. The normalized spacial score (nSPS) is 11.3. The molecule has 0 unspecified atom stereocenters. The van der Waals surface area contributed by atoms with Gasteiger partial charge in [0.2, 0.25) is 11.7 Å². The standard InChI is InChI=1S/C13H13F3N4O/c1-3-17-10-7-11(20-12(19-10)13(14,15)16)21-9-5-4-6-18-8(9)2/h4-7H,3H2,1-2H3,(H,17,19,20). The third kappa shape index (κ3) is 3.80. The largest absolute Gasteiger partial charge is 0.451 e. The molecule has 0 atom stereocenters. The molecule has 2 aromatic rings. The van der Waals surface area contributed by atoms with Crippen LogP contribution in [0.4, 0.5) is 19.0 Å². The first kappa shape index (κ1) is 15.0. The van der Waals surface area contributed by atoms with E-state index < -0.39 is 12.0 Å². The van der Waals surface area contributed by atoms with Gasteiger partial charge in [0.1, 0.15) is 5.82 Å². The molecule has 0 amide bonds. The van der Waals surface area contributed by atoms with E-state index in [1.54, 1.807) is 32.2 Å². The second kappa shape index (κ2) is 5.94. The van der Waals surface area contributed by atoms with Crippen LogP contribution in [0.2, 0.25) is 0 Å². The highest BCUT2D eigenvalue weighted by Crippen LogP contribution is 2.30. The first-order valence-electron chi connectivity index (χ1n) is 6.19. The quantitative estimate of drug-likeness (QED) is 0.937. The van der Waals surface area contributed by atoms with Gasteiger partial charge in [0, 0.05) is 18.8 Å². The maximum atomic E-state index is 12.8. The minimum absolute atomic E-state index is 0.0522. The zero-order chi connectivity index (χ0) is 15.5. The van der Waals surface area contributed by atoms with E-state index in [0.29, 0.717) is 18.0 Å². The first-order chi connectivity index (χ1) is 9.90. The van der Waals surface area contributed by atoms with E-state index in [2.05, 4.69) is 20.3 Å². The number of nitrogens with one attached hydrogen (secondary N) is 1. The van der Waals surface area contributed by atoms with Crippen LogP contribution in [0.25, 0.3) is 0 Å². The van der Waals surface area contributed by atoms with Gasteiger partial charge in [0.05, 0.1) is 5.69 Å². The average Bonchev–Trinajstić information content (AvgIpc) is 2.41. The van der Waals surface area contributed by atoms with Crippen molar-refractivity contribution in [3.63, 3.8) is 0 Å². The van der Waals surface area contributed by atoms with Crippen molar-refractivity contribution in [2.75, 3.05) is 11.9 Å². The third-order valence-corrected chi connectivity index (χ3v) is 2.49. The maximum absolute atomic E-state index is 12.8. The number of nitrogens with zero attached hydrogens (tertiary/aromatic N) is 3. The van der Waals surface area contributed by atoms with E-state index in [0.717, 1.165) is 0 Å². The Morgan fingerprint density at radius 2 is 2.05 bits per heavy atom. The molecule has 0 aliphatic carbocycles. The highest BCUT2D eigenvalue weighted by Gasteiger charge is 2.35. The van der Waals surface area contributed by atoms with Gasteiger partial charge in [-0.15, -0.1) is 0 Å². The van der Waals surface area contributed by atoms with Gasteiger partial charge in [-0.25, -0.2) is 4.98 Å². The van der Waals surface area contributed by atoms with Crippen LogP contribution < -0.4 is 10.1 Å². The van der Waals surface area contributed by atoms with Gasteiger partial charge in [0.25, 0.3) is 0 Å². The number of alkyl halides is 3. The fraction of sp³-hybridized carbons (Fsp3) is 0.308. The van der Waals surface area contributed by atoms with E-state index >= 15 is 0 Å². The molecule has 8 heteroatoms. The Kier molecular flexibility index (Phi) is 4.25. The summed E-state index contributed by atoms with van der Waals surface area (Å²) in [5, 5.41) is 2.71. The van der Waals surface area contributed by atoms with Crippen LogP contribution in [0.5, 0.6) is 11.6 Å². The monoisotopic (exact) mass is 298 g/mol. The number of anilines is 1. The number of ether oxygens (including phenoxy) is 1. The van der Waals surface area contributed by atoms with Crippen molar-refractivity contribution in [2.24, 2.45) is 0 Å². The van der Waals surface area contributed by atoms with Gasteiger partial charge in [-0.05, 0) is 26.0 Å². The number of rotatable bonds is 4. The van der Waals surface area contributed by atoms with Gasteiger partial charge in [-0.1, -0.05) is 0 Å². The molecule has 2 heterocycles. The fourth-order valence-corrected chi connectivity index (χ4v) is 1.57. The van der Waals surface area contributed by atoms with Crippen molar-refractivity contribution < 1.29 is 17.9 Å². The van der Waals surface area contributed by atoms with Gasteiger partial charge >= 0.3 is 6.18 Å². The molecule has 0 bridgehead atoms. The molecule has 0 saturated carbocycles. The number of hydrogen-bond donors (Lipinski definition) is 1. The predicted molar refractivity (Wildman–Crippen MR) is 70.2 cm³/mol. The number of aryl methyl sites for hydroxylation is 1. The average molecular weight is 298 g/mol. The van der Waals surface area contributed by atoms with Crippen LogP contribution >= 0.6 is 0 Å². The molecular weight excluding hydrogens is 285 g/mol. The lowest BCUT2D eigenvalue weighted by atomic mass is 10.3. The van der Waals surface area contributed by atoms with Crippen LogP contribution in [-0.4, -0.2) is 21.5 Å². The predicted octanol–water partition coefficient (Wildman–Crippen LogP) is 3.42. The lowest BCUT2D eigenvalue weighted by Crippen LogP contribution is -2.13. The van der Waals surface area contributed by atoms with Crippen molar-refractivity contribution in [1.82, 2.24) is 15.0 Å². The van der Waals surface area contributed by atoms with Crippen molar-refractivity contribution in [1.29, 1.82) is 0 Å². The Bertz CT molecular complexity index is 631. The summed E-state index contributed by atoms with van der Waals surface area (Å²) in [6.45, 7) is 3.87. The van der Waals surface area contributed by atoms with Crippen LogP contribution in [0.3, 0.4) is 0 Å². The molecular formula is C13H13F3N4O. The maximum Gasteiger partial charge on any atom is 0.451 e. The molecule has 0 aliphatic heterocycles. The Morgan fingerprint density at radius 3 is 2.67 bits per heavy atom. The molecule has 0 aromatic carbocycles. The molecule has 0 aliphatic rings. The van der Waals surface area contributed by atoms with Crippen LogP contribution in [0.1, 0.15) is 18.4 Å². The van der Waals surface area contributed by atoms with Crippen molar-refractivity contribution in [2.45, 2.75) is 20.0 Å². The van der Waals surface area contributed by atoms with E-state index in [1.165, 1.54) is 6.07 Å². The van der Waals surface area contributed by atoms with Crippen LogP contribution in [0, 0.1) is 6.92 Å². The third-order valence-electron chi connectivity index (χ3n) is 2.49. The molecule has 5 nitrogen and oxygen atoms in total. The summed E-state index contributed by atoms with van der Waals surface area (Å²) in [5.74, 6) is -1.05. The first-order valence-corrected chi connectivity index (χ1v) is 6.19. The van der Waals surface area contributed by atoms with Crippen molar-refractivity contribution in [3.8, 4) is 11.6 Å². The number of halogens is 3. The van der Waals surface area contributed by atoms with E-state index in [1.807, 2.05) is 0 Å². The molecule has 2 aromatic heterocycles. The van der Waals surface area contributed by atoms with Gasteiger partial charge < -0.3 is 10.1 Å². The molecule has 0 spiro atoms. The highest BCUT2D eigenvalue weighted by molar-refractivity contribution is 5.40. The Hall–Kier alpha value is -2.38. The van der Waals surface area contributed by atoms with E-state index in [-0.39, 0.29) is 11.7 Å². The molecule has 2 rings (SSSR count). The van der Waals surface area contributed by atoms with Crippen molar-refractivity contribution >= 4 is 5.82 Å². The summed E-state index contributed by atoms with van der Waals surface area (Å²) < 4.78 is 43.7. The Balaban J connectivity index is 2.38. The lowest BCUT2D eigenvalue weighted by molar-refractivity contribution is -0.145. The summed E-state index contributed by atoms with van der Waals surface area (Å²) in [4.78, 5) is 10.8. The molecule has 1 N–H and O–H groups in total. The smallest absolute Gasteiger partial charge is 0.437 e. The summed E-state index contributed by atoms with van der Waals surface area (Å²) in [7, 11) is 0. The number of pyridine rings is 1. The Labute approximate surface area is 119 Å². The van der Waals surface area contributed by atoms with Gasteiger partial charge in [-0.3, -0.25) is 4.98 Å². The summed E-state index contributed by atoms with van der Waals surface area (Å²) in [6.07, 6.45) is -3.08. The second-order valence-electron chi connectivity index (χ2n) is 4.13. The molecule has 0 fully saturated rings. The lowest BCUT2D eigenvalue weighted by Gasteiger charge is -2.12. The topological polar surface area (TPSA) is 59.9 Å². The number of aromatic nitrogens is 3. The SMILES string of the molecule is CCNc1cc(Oc2cccnc2C)nc(C(F)(F)F)n1. The fourth-order valence-electron chi connectivity index (χ4n) is 1.57. The number of hydrogen-bond acceptors (Lipinski definition) is 5. The minimum Gasteiger partial charge on any atom is -0.437 e. The second-order valence-corrected chi connectivity index (χ2v) is 4.13. The zero-order valence-corrected chi connectivity index (χ0v) is 11.4. The summed E-state index contributed by atoms with van der Waals surface area (Å²) in [5.41, 5.74) is 0.551. The van der Waals surface area contributed by atoms with Crippen molar-refractivity contribution in [3.05, 3.63) is 35.9 Å². The zero-order valence-electron chi connectivity index (χ0n) is 11.4. The van der Waals surface area contributed by atoms with Crippen LogP contribution in [0.15, 0.2) is 24.4 Å². The molecule has 0 radical (unpaired) electrons. The minimum atomic E-state index is -4.65. The van der Waals surface area contributed by atoms with Gasteiger partial charge in [0.15, 0.2) is 5.75 Å². The molecule has 21 heavy (non-hydrogen) atoms. The molecule has 112 valence electrons. The van der Waals surface area contributed by atoms with E-state index in [9.17, 15) is 13.2 Å². The van der Waals surface area contributed by atoms with Gasteiger partial charge in [-0.2, -0.15) is 18.2 Å². The Morgan fingerprint density at radius 1 is 1.29 bits per heavy atom. The summed E-state index contributed by atoms with van der Waals surface area (Å²) >= 11 is 0. The van der Waals surface area contributed by atoms with Crippen LogP contribution in [-0.2, 0) is 6.18 Å². The molecule has 0 saturated heterocycles. The van der Waals surface area contributed by atoms with E-state index in [4.69, 9.17) is 4.74 Å².